The lowest BCUT2D eigenvalue weighted by molar-refractivity contribution is 0.721. The van der Waals surface area contributed by atoms with E-state index < -0.39 is 0 Å². The minimum atomic E-state index is -0.0725. The minimum absolute atomic E-state index is 0.0725. The SMILES string of the molecule is C1#CC2C#CC3C#CC1C1C#CC2C#CC3C#C1. The molecule has 18 heavy (non-hydrogen) atoms. The standard InChI is InChI=1S/C18H6/c1-2-14-5-8-17-4-3-13(1)15-6-9-16(14)11-12-18(17)10-7-15/h13-18H. The highest BCUT2D eigenvalue weighted by Crippen LogP contribution is 2.23. The Morgan fingerprint density at radius 2 is 0.333 bits per heavy atom. The molecule has 0 nitrogen and oxygen atoms in total. The van der Waals surface area contributed by atoms with Crippen molar-refractivity contribution in [1.29, 1.82) is 0 Å². The van der Waals surface area contributed by atoms with E-state index in [1.165, 1.54) is 0 Å². The molecule has 0 atom stereocenters. The summed E-state index contributed by atoms with van der Waals surface area (Å²) in [7, 11) is 0. The Balaban J connectivity index is 2.08. The number of hydrogen-bond acceptors (Lipinski definition) is 0. The maximum Gasteiger partial charge on any atom is 0.106 e. The molecule has 0 aromatic heterocycles. The van der Waals surface area contributed by atoms with Crippen molar-refractivity contribution in [2.24, 2.45) is 35.5 Å². The lowest BCUT2D eigenvalue weighted by atomic mass is 9.87. The first-order valence-corrected chi connectivity index (χ1v) is 5.96. The first-order chi connectivity index (χ1) is 8.90. The van der Waals surface area contributed by atoms with Crippen LogP contribution in [0.2, 0.25) is 0 Å². The van der Waals surface area contributed by atoms with Gasteiger partial charge in [0.1, 0.15) is 35.5 Å². The van der Waals surface area contributed by atoms with Crippen LogP contribution in [0.15, 0.2) is 0 Å². The van der Waals surface area contributed by atoms with E-state index in [0.29, 0.717) is 0 Å². The molecule has 0 N–H and O–H groups in total. The van der Waals surface area contributed by atoms with Crippen molar-refractivity contribution in [3.63, 3.8) is 0 Å². The van der Waals surface area contributed by atoms with Crippen LogP contribution in [-0.4, -0.2) is 0 Å². The largest absolute Gasteiger partial charge is 0.106 e. The summed E-state index contributed by atoms with van der Waals surface area (Å²) in [5.41, 5.74) is 0. The summed E-state index contributed by atoms with van der Waals surface area (Å²) in [5.74, 6) is 38.0. The summed E-state index contributed by atoms with van der Waals surface area (Å²) < 4.78 is 0. The normalized spacial score (nSPS) is 41.3. The van der Waals surface area contributed by atoms with Gasteiger partial charge < -0.3 is 0 Å². The van der Waals surface area contributed by atoms with Crippen molar-refractivity contribution in [2.45, 2.75) is 0 Å². The molecule has 0 heterocycles. The molecule has 0 saturated carbocycles. The van der Waals surface area contributed by atoms with Crippen LogP contribution in [0, 0.1) is 107 Å². The van der Waals surface area contributed by atoms with Crippen molar-refractivity contribution in [2.75, 3.05) is 0 Å². The van der Waals surface area contributed by atoms with Gasteiger partial charge >= 0.3 is 0 Å². The molecule has 0 aromatic carbocycles. The maximum atomic E-state index is 3.20. The van der Waals surface area contributed by atoms with Gasteiger partial charge in [0.2, 0.25) is 0 Å². The van der Waals surface area contributed by atoms with Crippen LogP contribution in [0.25, 0.3) is 0 Å². The van der Waals surface area contributed by atoms with Crippen LogP contribution in [0.3, 0.4) is 0 Å². The van der Waals surface area contributed by atoms with Crippen LogP contribution >= 0.6 is 0 Å². The zero-order valence-electron chi connectivity index (χ0n) is 9.46. The zero-order valence-corrected chi connectivity index (χ0v) is 9.46. The number of hydrogen-bond donors (Lipinski definition) is 0. The van der Waals surface area contributed by atoms with Crippen molar-refractivity contribution in [3.05, 3.63) is 0 Å². The van der Waals surface area contributed by atoms with E-state index in [0.717, 1.165) is 0 Å². The lowest BCUT2D eigenvalue weighted by Gasteiger charge is -2.11. The van der Waals surface area contributed by atoms with Crippen LogP contribution in [0.5, 0.6) is 0 Å². The van der Waals surface area contributed by atoms with E-state index in [-0.39, 0.29) is 35.5 Å². The van der Waals surface area contributed by atoms with E-state index in [2.05, 4.69) is 71.0 Å². The summed E-state index contributed by atoms with van der Waals surface area (Å²) in [6, 6.07) is 0. The highest BCUT2D eigenvalue weighted by molar-refractivity contribution is 5.47. The van der Waals surface area contributed by atoms with Crippen LogP contribution in [0.4, 0.5) is 0 Å². The lowest BCUT2D eigenvalue weighted by Crippen LogP contribution is -2.14. The van der Waals surface area contributed by atoms with E-state index in [4.69, 9.17) is 0 Å². The molecule has 0 fully saturated rings. The first kappa shape index (κ1) is 9.40. The van der Waals surface area contributed by atoms with Crippen LogP contribution < -0.4 is 0 Å². The molecule has 3 aliphatic rings. The molecule has 0 spiro atoms. The number of fused-ring (bicyclic) bond motifs is 3. The Morgan fingerprint density at radius 1 is 0.222 bits per heavy atom. The highest BCUT2D eigenvalue weighted by atomic mass is 14.2. The van der Waals surface area contributed by atoms with E-state index in [1.807, 2.05) is 0 Å². The third-order valence-corrected chi connectivity index (χ3v) is 3.37. The molecule has 0 radical (unpaired) electrons. The van der Waals surface area contributed by atoms with Crippen molar-refractivity contribution < 1.29 is 0 Å². The predicted octanol–water partition coefficient (Wildman–Crippen LogP) is 0.758. The number of rotatable bonds is 0. The fraction of sp³-hybridized carbons (Fsp3) is 0.333. The molecule has 0 heteroatoms. The van der Waals surface area contributed by atoms with Gasteiger partial charge in [-0.2, -0.15) is 0 Å². The monoisotopic (exact) mass is 222 g/mol. The van der Waals surface area contributed by atoms with Crippen molar-refractivity contribution in [1.82, 2.24) is 0 Å². The summed E-state index contributed by atoms with van der Waals surface area (Å²) in [5, 5.41) is 0. The van der Waals surface area contributed by atoms with Gasteiger partial charge in [0, 0.05) is 0 Å². The van der Waals surface area contributed by atoms with Crippen molar-refractivity contribution in [3.8, 4) is 71.0 Å². The minimum Gasteiger partial charge on any atom is -0.0830 e. The van der Waals surface area contributed by atoms with E-state index in [9.17, 15) is 0 Å². The van der Waals surface area contributed by atoms with Gasteiger partial charge in [-0.3, -0.25) is 0 Å². The summed E-state index contributed by atoms with van der Waals surface area (Å²) >= 11 is 0. The van der Waals surface area contributed by atoms with Gasteiger partial charge in [-0.15, -0.1) is 0 Å². The van der Waals surface area contributed by atoms with Gasteiger partial charge in [0.15, 0.2) is 0 Å². The fourth-order valence-corrected chi connectivity index (χ4v) is 2.29. The third kappa shape index (κ3) is 1.32. The Labute approximate surface area is 107 Å². The van der Waals surface area contributed by atoms with Crippen molar-refractivity contribution >= 4 is 0 Å². The second-order valence-electron chi connectivity index (χ2n) is 4.60. The fourth-order valence-electron chi connectivity index (χ4n) is 2.29. The summed E-state index contributed by atoms with van der Waals surface area (Å²) in [6.07, 6.45) is 0. The van der Waals surface area contributed by atoms with Crippen LogP contribution in [-0.2, 0) is 0 Å². The Morgan fingerprint density at radius 3 is 0.444 bits per heavy atom. The average molecular weight is 222 g/mol. The smallest absolute Gasteiger partial charge is 0.0830 e. The molecule has 78 valence electrons. The molecule has 0 saturated heterocycles. The molecule has 0 bridgehead atoms. The van der Waals surface area contributed by atoms with Crippen LogP contribution in [0.1, 0.15) is 0 Å². The quantitative estimate of drug-likeness (QED) is 0.531. The zero-order chi connectivity index (χ0) is 11.9. The van der Waals surface area contributed by atoms with Gasteiger partial charge in [-0.05, 0) is 0 Å². The maximum absolute atomic E-state index is 3.20. The first-order valence-electron chi connectivity index (χ1n) is 5.96. The molecule has 0 unspecified atom stereocenters. The van der Waals surface area contributed by atoms with E-state index >= 15 is 0 Å². The molecular formula is C18H6. The average Bonchev–Trinajstić information content (AvgIpc) is 2.41. The molecule has 3 aliphatic carbocycles. The molecule has 0 amide bonds. The summed E-state index contributed by atoms with van der Waals surface area (Å²) in [6.45, 7) is 0. The van der Waals surface area contributed by atoms with Gasteiger partial charge in [0.05, 0.1) is 0 Å². The second kappa shape index (κ2) is 3.42. The summed E-state index contributed by atoms with van der Waals surface area (Å²) in [4.78, 5) is 0. The molecule has 0 aromatic rings. The highest BCUT2D eigenvalue weighted by Gasteiger charge is 2.26. The Hall–Kier alpha value is -2.64. The van der Waals surface area contributed by atoms with Gasteiger partial charge in [0.25, 0.3) is 0 Å². The Bertz CT molecular complexity index is 569. The second-order valence-corrected chi connectivity index (χ2v) is 4.60. The Kier molecular flexibility index (Phi) is 1.79. The topological polar surface area (TPSA) is 0 Å². The predicted molar refractivity (Wildman–Crippen MR) is 67.6 cm³/mol. The molecular weight excluding hydrogens is 216 g/mol. The van der Waals surface area contributed by atoms with Gasteiger partial charge in [-0.25, -0.2) is 0 Å². The van der Waals surface area contributed by atoms with Gasteiger partial charge in [-0.1, -0.05) is 71.0 Å². The third-order valence-electron chi connectivity index (χ3n) is 3.37. The molecule has 0 aliphatic heterocycles. The van der Waals surface area contributed by atoms with E-state index in [1.54, 1.807) is 0 Å². The molecule has 3 rings (SSSR count).